The monoisotopic (exact) mass is 521 g/mol. The molecule has 0 saturated carbocycles. The van der Waals surface area contributed by atoms with Crippen LogP contribution in [0.1, 0.15) is 39.2 Å². The van der Waals surface area contributed by atoms with E-state index in [4.69, 9.17) is 14.2 Å². The predicted molar refractivity (Wildman–Crippen MR) is 130 cm³/mol. The molecule has 0 bridgehead atoms. The summed E-state index contributed by atoms with van der Waals surface area (Å²) < 4.78 is 57.5. The standard InChI is InChI=1S/C25H30F3N5O4/c1-24(2,3)37-23(34)32-11-5-7-17(14-32)29-22-31-30-21-19(8-6-12-33(21)22)18-10-9-16(25(26,27)28)13-20(18)36-15-35-4/h6,8-10,12-13,17H,5,7,11,14-15H2,1-4H3,(H,29,31). The molecular weight excluding hydrogens is 491 g/mol. The molecule has 1 saturated heterocycles. The first-order valence-corrected chi connectivity index (χ1v) is 11.9. The molecule has 9 nitrogen and oxygen atoms in total. The summed E-state index contributed by atoms with van der Waals surface area (Å²) in [6, 6.07) is 6.71. The quantitative estimate of drug-likeness (QED) is 0.446. The second-order valence-corrected chi connectivity index (χ2v) is 9.81. The number of rotatable bonds is 6. The topological polar surface area (TPSA) is 90.2 Å². The minimum Gasteiger partial charge on any atom is -0.467 e. The molecule has 1 atom stereocenters. The van der Waals surface area contributed by atoms with Gasteiger partial charge in [0.25, 0.3) is 0 Å². The van der Waals surface area contributed by atoms with Crippen LogP contribution in [-0.2, 0) is 15.7 Å². The molecule has 1 fully saturated rings. The molecule has 3 heterocycles. The molecule has 37 heavy (non-hydrogen) atoms. The summed E-state index contributed by atoms with van der Waals surface area (Å²) in [7, 11) is 1.39. The number of pyridine rings is 1. The lowest BCUT2D eigenvalue weighted by atomic mass is 10.0. The van der Waals surface area contributed by atoms with Gasteiger partial charge in [0, 0.05) is 43.6 Å². The number of hydrogen-bond donors (Lipinski definition) is 1. The van der Waals surface area contributed by atoms with Gasteiger partial charge in [-0.3, -0.25) is 4.40 Å². The van der Waals surface area contributed by atoms with Crippen molar-refractivity contribution in [2.24, 2.45) is 0 Å². The van der Waals surface area contributed by atoms with Crippen molar-refractivity contribution in [2.45, 2.75) is 51.4 Å². The van der Waals surface area contributed by atoms with Crippen LogP contribution >= 0.6 is 0 Å². The van der Waals surface area contributed by atoms with Crippen LogP contribution in [-0.4, -0.2) is 64.2 Å². The highest BCUT2D eigenvalue weighted by molar-refractivity contribution is 5.82. The molecule has 1 aliphatic heterocycles. The number of fused-ring (bicyclic) bond motifs is 1. The summed E-state index contributed by atoms with van der Waals surface area (Å²) in [5.74, 6) is 0.474. The zero-order valence-corrected chi connectivity index (χ0v) is 21.1. The lowest BCUT2D eigenvalue weighted by molar-refractivity contribution is -0.137. The maximum atomic E-state index is 13.3. The highest BCUT2D eigenvalue weighted by atomic mass is 19.4. The van der Waals surface area contributed by atoms with Crippen LogP contribution in [0.25, 0.3) is 16.8 Å². The Morgan fingerprint density at radius 1 is 1.16 bits per heavy atom. The Bertz CT molecular complexity index is 1260. The first kappa shape index (κ1) is 26.5. The molecule has 3 aromatic rings. The summed E-state index contributed by atoms with van der Waals surface area (Å²) in [6.45, 7) is 6.31. The summed E-state index contributed by atoms with van der Waals surface area (Å²) in [6.07, 6.45) is -1.50. The van der Waals surface area contributed by atoms with Crippen molar-refractivity contribution in [1.29, 1.82) is 0 Å². The number of halogens is 3. The van der Waals surface area contributed by atoms with Crippen molar-refractivity contribution in [1.82, 2.24) is 19.5 Å². The number of methoxy groups -OCH3 is 1. The van der Waals surface area contributed by atoms with Crippen LogP contribution in [0.5, 0.6) is 5.75 Å². The maximum absolute atomic E-state index is 13.3. The Hall–Kier alpha value is -3.54. The first-order valence-electron chi connectivity index (χ1n) is 11.9. The van der Waals surface area contributed by atoms with E-state index in [0.29, 0.717) is 35.8 Å². The van der Waals surface area contributed by atoms with Crippen LogP contribution in [0.2, 0.25) is 0 Å². The minimum absolute atomic E-state index is 0.0163. The van der Waals surface area contributed by atoms with E-state index in [2.05, 4.69) is 15.5 Å². The number of benzene rings is 1. The summed E-state index contributed by atoms with van der Waals surface area (Å²) in [5.41, 5.74) is -0.0108. The smallest absolute Gasteiger partial charge is 0.416 e. The minimum atomic E-state index is -4.52. The summed E-state index contributed by atoms with van der Waals surface area (Å²) in [4.78, 5) is 14.2. The van der Waals surface area contributed by atoms with Crippen LogP contribution in [0, 0.1) is 0 Å². The fraction of sp³-hybridized carbons (Fsp3) is 0.480. The van der Waals surface area contributed by atoms with Crippen molar-refractivity contribution in [3.63, 3.8) is 0 Å². The first-order chi connectivity index (χ1) is 17.5. The second kappa shape index (κ2) is 10.4. The molecule has 200 valence electrons. The van der Waals surface area contributed by atoms with Gasteiger partial charge in [-0.2, -0.15) is 13.2 Å². The SMILES string of the molecule is COCOc1cc(C(F)(F)F)ccc1-c1cccn2c(NC3CCCN(C(=O)OC(C)(C)C)C3)nnc12. The zero-order valence-electron chi connectivity index (χ0n) is 21.1. The lowest BCUT2D eigenvalue weighted by Gasteiger charge is -2.34. The molecule has 1 amide bonds. The van der Waals surface area contributed by atoms with Crippen LogP contribution in [0.4, 0.5) is 23.9 Å². The highest BCUT2D eigenvalue weighted by Gasteiger charge is 2.32. The molecule has 12 heteroatoms. The molecule has 0 aliphatic carbocycles. The third kappa shape index (κ3) is 6.24. The highest BCUT2D eigenvalue weighted by Crippen LogP contribution is 2.38. The lowest BCUT2D eigenvalue weighted by Crippen LogP contribution is -2.47. The Kier molecular flexibility index (Phi) is 7.49. The molecule has 1 aromatic carbocycles. The Balaban J connectivity index is 1.60. The van der Waals surface area contributed by atoms with Crippen molar-refractivity contribution in [3.8, 4) is 16.9 Å². The van der Waals surface area contributed by atoms with E-state index in [0.717, 1.165) is 25.0 Å². The van der Waals surface area contributed by atoms with Gasteiger partial charge >= 0.3 is 12.3 Å². The zero-order chi connectivity index (χ0) is 26.8. The molecule has 1 N–H and O–H groups in total. The van der Waals surface area contributed by atoms with Gasteiger partial charge in [-0.25, -0.2) is 4.79 Å². The third-order valence-electron chi connectivity index (χ3n) is 5.77. The Morgan fingerprint density at radius 3 is 2.65 bits per heavy atom. The van der Waals surface area contributed by atoms with Crippen LogP contribution < -0.4 is 10.1 Å². The van der Waals surface area contributed by atoms with Gasteiger partial charge < -0.3 is 24.4 Å². The van der Waals surface area contributed by atoms with Crippen LogP contribution in [0.15, 0.2) is 36.5 Å². The fourth-order valence-corrected chi connectivity index (χ4v) is 4.16. The van der Waals surface area contributed by atoms with Gasteiger partial charge in [-0.1, -0.05) is 0 Å². The number of likely N-dealkylation sites (tertiary alicyclic amines) is 1. The van der Waals surface area contributed by atoms with E-state index >= 15 is 0 Å². The second-order valence-electron chi connectivity index (χ2n) is 9.81. The van der Waals surface area contributed by atoms with Gasteiger partial charge in [0.15, 0.2) is 12.4 Å². The number of hydrogen-bond acceptors (Lipinski definition) is 7. The number of carbonyl (C=O) groups excluding carboxylic acids is 1. The fourth-order valence-electron chi connectivity index (χ4n) is 4.16. The van der Waals surface area contributed by atoms with Crippen LogP contribution in [0.3, 0.4) is 0 Å². The average molecular weight is 522 g/mol. The third-order valence-corrected chi connectivity index (χ3v) is 5.77. The Labute approximate surface area is 212 Å². The summed E-state index contributed by atoms with van der Waals surface area (Å²) in [5, 5.41) is 11.9. The number of aromatic nitrogens is 3. The van der Waals surface area contributed by atoms with E-state index in [1.165, 1.54) is 13.2 Å². The van der Waals surface area contributed by atoms with Crippen molar-refractivity contribution in [3.05, 3.63) is 42.1 Å². The largest absolute Gasteiger partial charge is 0.467 e. The molecule has 4 rings (SSSR count). The molecule has 1 unspecified atom stereocenters. The van der Waals surface area contributed by atoms with Gasteiger partial charge in [0.2, 0.25) is 5.95 Å². The maximum Gasteiger partial charge on any atom is 0.416 e. The van der Waals surface area contributed by atoms with Gasteiger partial charge in [-0.15, -0.1) is 10.2 Å². The predicted octanol–water partition coefficient (Wildman–Crippen LogP) is 5.21. The number of amides is 1. The molecule has 0 spiro atoms. The average Bonchev–Trinajstić information content (AvgIpc) is 3.24. The molecule has 1 aliphatic rings. The molecule has 2 aromatic heterocycles. The Morgan fingerprint density at radius 2 is 1.95 bits per heavy atom. The van der Waals surface area contributed by atoms with Gasteiger partial charge in [0.1, 0.15) is 11.4 Å². The number of anilines is 1. The van der Waals surface area contributed by atoms with Crippen molar-refractivity contribution in [2.75, 3.05) is 32.3 Å². The number of alkyl halides is 3. The number of ether oxygens (including phenoxy) is 3. The number of piperidine rings is 1. The van der Waals surface area contributed by atoms with Gasteiger partial charge in [-0.05, 0) is 63.9 Å². The van der Waals surface area contributed by atoms with Crippen molar-refractivity contribution < 1.29 is 32.2 Å². The molecular formula is C25H30F3N5O4. The van der Waals surface area contributed by atoms with E-state index in [1.807, 2.05) is 20.8 Å². The summed E-state index contributed by atoms with van der Waals surface area (Å²) >= 11 is 0. The van der Waals surface area contributed by atoms with E-state index < -0.39 is 17.3 Å². The van der Waals surface area contributed by atoms with E-state index in [9.17, 15) is 18.0 Å². The normalized spacial score (nSPS) is 16.6. The molecule has 0 radical (unpaired) electrons. The number of nitrogens with one attached hydrogen (secondary N) is 1. The number of nitrogens with zero attached hydrogens (tertiary/aromatic N) is 4. The number of carbonyl (C=O) groups is 1. The van der Waals surface area contributed by atoms with Gasteiger partial charge in [0.05, 0.1) is 5.56 Å². The van der Waals surface area contributed by atoms with E-state index in [-0.39, 0.29) is 24.7 Å². The van der Waals surface area contributed by atoms with E-state index in [1.54, 1.807) is 27.6 Å². The van der Waals surface area contributed by atoms with Crippen molar-refractivity contribution >= 4 is 17.7 Å².